The number of carbonyl (C=O) groups is 1. The SMILES string of the molecule is CCC(C(=O)O)S(=O)(=O)Cc1ccccc1C#N. The van der Waals surface area contributed by atoms with Crippen LogP contribution in [0.5, 0.6) is 0 Å². The second kappa shape index (κ2) is 5.65. The zero-order valence-corrected chi connectivity index (χ0v) is 10.6. The maximum absolute atomic E-state index is 12.0. The molecule has 0 fully saturated rings. The van der Waals surface area contributed by atoms with Crippen molar-refractivity contribution in [3.05, 3.63) is 35.4 Å². The van der Waals surface area contributed by atoms with Gasteiger partial charge in [0.1, 0.15) is 0 Å². The van der Waals surface area contributed by atoms with Gasteiger partial charge in [-0.15, -0.1) is 0 Å². The standard InChI is InChI=1S/C12H13NO4S/c1-2-11(12(14)15)18(16,17)8-10-6-4-3-5-9(10)7-13/h3-6,11H,2,8H2,1H3,(H,14,15). The van der Waals surface area contributed by atoms with Gasteiger partial charge in [-0.25, -0.2) is 8.42 Å². The molecule has 0 aliphatic carbocycles. The molecule has 0 aliphatic rings. The van der Waals surface area contributed by atoms with Crippen LogP contribution in [0.1, 0.15) is 24.5 Å². The van der Waals surface area contributed by atoms with Crippen LogP contribution in [-0.4, -0.2) is 24.7 Å². The van der Waals surface area contributed by atoms with Gasteiger partial charge in [0, 0.05) is 0 Å². The highest BCUT2D eigenvalue weighted by atomic mass is 32.2. The van der Waals surface area contributed by atoms with E-state index in [9.17, 15) is 13.2 Å². The van der Waals surface area contributed by atoms with E-state index in [1.165, 1.54) is 19.1 Å². The number of benzene rings is 1. The van der Waals surface area contributed by atoms with Crippen LogP contribution in [0, 0.1) is 11.3 Å². The van der Waals surface area contributed by atoms with Gasteiger partial charge in [-0.05, 0) is 18.1 Å². The fourth-order valence-corrected chi connectivity index (χ4v) is 3.36. The van der Waals surface area contributed by atoms with Crippen molar-refractivity contribution in [2.24, 2.45) is 0 Å². The van der Waals surface area contributed by atoms with Crippen molar-refractivity contribution in [2.75, 3.05) is 0 Å². The fourth-order valence-electron chi connectivity index (χ4n) is 1.65. The molecule has 1 aromatic rings. The summed E-state index contributed by atoms with van der Waals surface area (Å²) in [5.74, 6) is -1.78. The van der Waals surface area contributed by atoms with E-state index in [0.29, 0.717) is 5.56 Å². The van der Waals surface area contributed by atoms with E-state index in [1.807, 2.05) is 6.07 Å². The first-order valence-electron chi connectivity index (χ1n) is 5.34. The molecule has 1 atom stereocenters. The van der Waals surface area contributed by atoms with Crippen molar-refractivity contribution in [2.45, 2.75) is 24.3 Å². The Morgan fingerprint density at radius 3 is 2.56 bits per heavy atom. The molecule has 0 amide bonds. The van der Waals surface area contributed by atoms with Gasteiger partial charge in [-0.3, -0.25) is 4.79 Å². The highest BCUT2D eigenvalue weighted by Gasteiger charge is 2.31. The van der Waals surface area contributed by atoms with Crippen molar-refractivity contribution in [1.29, 1.82) is 5.26 Å². The van der Waals surface area contributed by atoms with Gasteiger partial charge in [-0.2, -0.15) is 5.26 Å². The molecular weight excluding hydrogens is 254 g/mol. The topological polar surface area (TPSA) is 95.2 Å². The summed E-state index contributed by atoms with van der Waals surface area (Å²) in [4.78, 5) is 10.9. The molecule has 0 radical (unpaired) electrons. The van der Waals surface area contributed by atoms with Gasteiger partial charge in [-0.1, -0.05) is 25.1 Å². The Hall–Kier alpha value is -1.87. The van der Waals surface area contributed by atoms with Crippen LogP contribution in [-0.2, 0) is 20.4 Å². The third-order valence-electron chi connectivity index (χ3n) is 2.57. The minimum atomic E-state index is -3.81. The van der Waals surface area contributed by atoms with Crippen molar-refractivity contribution in [1.82, 2.24) is 0 Å². The van der Waals surface area contributed by atoms with Gasteiger partial charge < -0.3 is 5.11 Å². The Morgan fingerprint density at radius 2 is 2.06 bits per heavy atom. The van der Waals surface area contributed by atoms with Crippen molar-refractivity contribution < 1.29 is 18.3 Å². The van der Waals surface area contributed by atoms with Crippen LogP contribution < -0.4 is 0 Å². The first kappa shape index (κ1) is 14.2. The molecule has 0 aromatic heterocycles. The summed E-state index contributed by atoms with van der Waals surface area (Å²) < 4.78 is 23.9. The minimum absolute atomic E-state index is 0.00634. The van der Waals surface area contributed by atoms with E-state index < -0.39 is 26.8 Å². The van der Waals surface area contributed by atoms with Gasteiger partial charge in [0.15, 0.2) is 15.1 Å². The molecule has 0 spiro atoms. The summed E-state index contributed by atoms with van der Waals surface area (Å²) in [6.07, 6.45) is 0.00634. The third-order valence-corrected chi connectivity index (χ3v) is 4.69. The van der Waals surface area contributed by atoms with Crippen molar-refractivity contribution in [3.63, 3.8) is 0 Å². The summed E-state index contributed by atoms with van der Waals surface area (Å²) in [5.41, 5.74) is 0.584. The normalized spacial score (nSPS) is 12.7. The number of nitrogens with zero attached hydrogens (tertiary/aromatic N) is 1. The number of carboxylic acid groups (broad SMARTS) is 1. The van der Waals surface area contributed by atoms with E-state index >= 15 is 0 Å². The van der Waals surface area contributed by atoms with Crippen LogP contribution >= 0.6 is 0 Å². The second-order valence-corrected chi connectivity index (χ2v) is 5.99. The zero-order valence-electron chi connectivity index (χ0n) is 9.83. The Balaban J connectivity index is 3.10. The molecule has 1 N–H and O–H groups in total. The molecule has 1 unspecified atom stereocenters. The number of hydrogen-bond acceptors (Lipinski definition) is 4. The molecule has 1 rings (SSSR count). The highest BCUT2D eigenvalue weighted by Crippen LogP contribution is 2.17. The summed E-state index contributed by atoms with van der Waals surface area (Å²) in [6.45, 7) is 1.51. The van der Waals surface area contributed by atoms with Gasteiger partial charge in [0.25, 0.3) is 0 Å². The van der Waals surface area contributed by atoms with Gasteiger partial charge in [0.05, 0.1) is 17.4 Å². The third kappa shape index (κ3) is 3.08. The lowest BCUT2D eigenvalue weighted by Crippen LogP contribution is -2.30. The molecule has 0 saturated heterocycles. The number of hydrogen-bond donors (Lipinski definition) is 1. The quantitative estimate of drug-likeness (QED) is 0.868. The number of rotatable bonds is 5. The zero-order chi connectivity index (χ0) is 13.8. The van der Waals surface area contributed by atoms with Gasteiger partial charge in [0.2, 0.25) is 0 Å². The van der Waals surface area contributed by atoms with Crippen LogP contribution in [0.2, 0.25) is 0 Å². The Bertz CT molecular complexity index is 586. The van der Waals surface area contributed by atoms with Crippen LogP contribution in [0.4, 0.5) is 0 Å². The van der Waals surface area contributed by atoms with E-state index in [-0.39, 0.29) is 12.0 Å². The molecule has 0 aliphatic heterocycles. The largest absolute Gasteiger partial charge is 0.480 e. The predicted molar refractivity (Wildman–Crippen MR) is 65.5 cm³/mol. The molecular formula is C12H13NO4S. The van der Waals surface area contributed by atoms with Crippen molar-refractivity contribution >= 4 is 15.8 Å². The predicted octanol–water partition coefficient (Wildman–Crippen LogP) is 1.34. The maximum Gasteiger partial charge on any atom is 0.321 e. The first-order chi connectivity index (χ1) is 8.42. The lowest BCUT2D eigenvalue weighted by atomic mass is 10.1. The van der Waals surface area contributed by atoms with E-state index in [2.05, 4.69) is 0 Å². The molecule has 0 heterocycles. The second-order valence-electron chi connectivity index (χ2n) is 3.81. The minimum Gasteiger partial charge on any atom is -0.480 e. The smallest absolute Gasteiger partial charge is 0.321 e. The molecule has 0 bridgehead atoms. The summed E-state index contributed by atoms with van der Waals surface area (Å²) in [6, 6.07) is 8.16. The highest BCUT2D eigenvalue weighted by molar-refractivity contribution is 7.92. The molecule has 18 heavy (non-hydrogen) atoms. The Labute approximate surface area is 106 Å². The monoisotopic (exact) mass is 267 g/mol. The Kier molecular flexibility index (Phi) is 4.45. The van der Waals surface area contributed by atoms with E-state index in [0.717, 1.165) is 0 Å². The molecule has 6 heteroatoms. The first-order valence-corrected chi connectivity index (χ1v) is 7.06. The van der Waals surface area contributed by atoms with Crippen LogP contribution in [0.3, 0.4) is 0 Å². The fraction of sp³-hybridized carbons (Fsp3) is 0.333. The van der Waals surface area contributed by atoms with E-state index in [4.69, 9.17) is 10.4 Å². The number of carboxylic acids is 1. The molecule has 1 aromatic carbocycles. The van der Waals surface area contributed by atoms with Crippen LogP contribution in [0.25, 0.3) is 0 Å². The lowest BCUT2D eigenvalue weighted by Gasteiger charge is -2.11. The average Bonchev–Trinajstić information content (AvgIpc) is 2.29. The summed E-state index contributed by atoms with van der Waals surface area (Å²) in [7, 11) is -3.81. The Morgan fingerprint density at radius 1 is 1.44 bits per heavy atom. The molecule has 5 nitrogen and oxygen atoms in total. The molecule has 0 saturated carbocycles. The summed E-state index contributed by atoms with van der Waals surface area (Å²) in [5, 5.41) is 16.3. The molecule has 96 valence electrons. The van der Waals surface area contributed by atoms with Gasteiger partial charge >= 0.3 is 5.97 Å². The number of nitriles is 1. The number of aliphatic carboxylic acids is 1. The van der Waals surface area contributed by atoms with Crippen molar-refractivity contribution in [3.8, 4) is 6.07 Å². The van der Waals surface area contributed by atoms with E-state index in [1.54, 1.807) is 12.1 Å². The summed E-state index contributed by atoms with van der Waals surface area (Å²) >= 11 is 0. The maximum atomic E-state index is 12.0. The lowest BCUT2D eigenvalue weighted by molar-refractivity contribution is -0.136. The average molecular weight is 267 g/mol. The van der Waals surface area contributed by atoms with Crippen LogP contribution in [0.15, 0.2) is 24.3 Å². The number of sulfone groups is 1.